The van der Waals surface area contributed by atoms with Crippen LogP contribution in [0.1, 0.15) is 36.1 Å². The van der Waals surface area contributed by atoms with E-state index in [0.29, 0.717) is 4.88 Å². The highest BCUT2D eigenvalue weighted by Crippen LogP contribution is 2.30. The van der Waals surface area contributed by atoms with Crippen LogP contribution in [0.25, 0.3) is 15.9 Å². The fourth-order valence-corrected chi connectivity index (χ4v) is 3.40. The molecule has 0 bridgehead atoms. The number of halogens is 1. The molecule has 3 aromatic rings. The highest BCUT2D eigenvalue weighted by molar-refractivity contribution is 7.20. The van der Waals surface area contributed by atoms with E-state index in [2.05, 4.69) is 10.4 Å². The van der Waals surface area contributed by atoms with E-state index in [9.17, 15) is 9.18 Å². The number of hydrogen-bond acceptors (Lipinski definition) is 3. The monoisotopic (exact) mass is 331 g/mol. The van der Waals surface area contributed by atoms with Crippen LogP contribution in [0.4, 0.5) is 4.39 Å². The number of rotatable bonds is 2. The van der Waals surface area contributed by atoms with Gasteiger partial charge in [-0.05, 0) is 58.0 Å². The first-order valence-corrected chi connectivity index (χ1v) is 8.14. The summed E-state index contributed by atoms with van der Waals surface area (Å²) in [6.07, 6.45) is 0. The number of aryl methyl sites for hydroxylation is 1. The number of fused-ring (bicyclic) bond motifs is 1. The number of benzene rings is 1. The fourth-order valence-electron chi connectivity index (χ4n) is 2.32. The molecule has 3 rings (SSSR count). The quantitative estimate of drug-likeness (QED) is 0.769. The molecule has 0 aliphatic rings. The van der Waals surface area contributed by atoms with Crippen molar-refractivity contribution < 1.29 is 9.18 Å². The zero-order chi connectivity index (χ0) is 16.8. The zero-order valence-corrected chi connectivity index (χ0v) is 14.3. The van der Waals surface area contributed by atoms with E-state index >= 15 is 0 Å². The van der Waals surface area contributed by atoms with Crippen LogP contribution in [-0.4, -0.2) is 21.2 Å². The molecule has 120 valence electrons. The first-order chi connectivity index (χ1) is 10.7. The highest BCUT2D eigenvalue weighted by atomic mass is 32.1. The van der Waals surface area contributed by atoms with Crippen LogP contribution in [-0.2, 0) is 0 Å². The molecule has 0 saturated carbocycles. The third kappa shape index (κ3) is 3.12. The van der Waals surface area contributed by atoms with Crippen LogP contribution in [0.3, 0.4) is 0 Å². The van der Waals surface area contributed by atoms with Crippen molar-refractivity contribution in [2.45, 2.75) is 33.2 Å². The Morgan fingerprint density at radius 3 is 2.52 bits per heavy atom. The van der Waals surface area contributed by atoms with Crippen LogP contribution in [0, 0.1) is 12.7 Å². The SMILES string of the molecule is Cc1nn(-c2ccc(F)cc2)c2sc(C(=O)NC(C)(C)C)cc12. The van der Waals surface area contributed by atoms with E-state index in [1.165, 1.54) is 23.5 Å². The molecular weight excluding hydrogens is 313 g/mol. The van der Waals surface area contributed by atoms with Gasteiger partial charge in [-0.25, -0.2) is 9.07 Å². The van der Waals surface area contributed by atoms with Gasteiger partial charge in [-0.2, -0.15) is 5.10 Å². The number of carbonyl (C=O) groups excluding carboxylic acids is 1. The van der Waals surface area contributed by atoms with Gasteiger partial charge in [0.05, 0.1) is 16.3 Å². The zero-order valence-electron chi connectivity index (χ0n) is 13.5. The van der Waals surface area contributed by atoms with E-state index in [1.54, 1.807) is 16.8 Å². The molecule has 0 unspecified atom stereocenters. The van der Waals surface area contributed by atoms with Crippen LogP contribution in [0.2, 0.25) is 0 Å². The second kappa shape index (κ2) is 5.45. The van der Waals surface area contributed by atoms with Crippen LogP contribution in [0.5, 0.6) is 0 Å². The fraction of sp³-hybridized carbons (Fsp3) is 0.294. The number of hydrogen-bond donors (Lipinski definition) is 1. The summed E-state index contributed by atoms with van der Waals surface area (Å²) in [6, 6.07) is 8.02. The standard InChI is InChI=1S/C17H18FN3OS/c1-10-13-9-14(15(22)19-17(2,3)4)23-16(13)21(20-10)12-7-5-11(18)6-8-12/h5-9H,1-4H3,(H,19,22). The van der Waals surface area contributed by atoms with Gasteiger partial charge in [-0.1, -0.05) is 0 Å². The van der Waals surface area contributed by atoms with Crippen molar-refractivity contribution in [1.82, 2.24) is 15.1 Å². The van der Waals surface area contributed by atoms with Gasteiger partial charge in [-0.3, -0.25) is 4.79 Å². The lowest BCUT2D eigenvalue weighted by Crippen LogP contribution is -2.40. The maximum absolute atomic E-state index is 13.1. The molecule has 1 aromatic carbocycles. The molecule has 1 amide bonds. The summed E-state index contributed by atoms with van der Waals surface area (Å²) in [4.78, 5) is 13.9. The van der Waals surface area contributed by atoms with E-state index in [0.717, 1.165) is 21.6 Å². The van der Waals surface area contributed by atoms with Gasteiger partial charge in [0.2, 0.25) is 0 Å². The lowest BCUT2D eigenvalue weighted by Gasteiger charge is -2.19. The van der Waals surface area contributed by atoms with Crippen LogP contribution in [0.15, 0.2) is 30.3 Å². The second-order valence-corrected chi connectivity index (χ2v) is 7.54. The van der Waals surface area contributed by atoms with Crippen molar-refractivity contribution in [3.8, 4) is 5.69 Å². The van der Waals surface area contributed by atoms with E-state index in [-0.39, 0.29) is 17.3 Å². The summed E-state index contributed by atoms with van der Waals surface area (Å²) in [7, 11) is 0. The molecule has 0 fully saturated rings. The molecule has 2 aromatic heterocycles. The average Bonchev–Trinajstić information content (AvgIpc) is 2.99. The molecular formula is C17H18FN3OS. The third-order valence-electron chi connectivity index (χ3n) is 3.33. The average molecular weight is 331 g/mol. The Balaban J connectivity index is 2.05. The Bertz CT molecular complexity index is 872. The molecule has 0 radical (unpaired) electrons. The van der Waals surface area contributed by atoms with Gasteiger partial charge in [0.15, 0.2) is 0 Å². The van der Waals surface area contributed by atoms with Crippen molar-refractivity contribution >= 4 is 27.5 Å². The number of aromatic nitrogens is 2. The molecule has 0 saturated heterocycles. The normalized spacial score (nSPS) is 11.9. The minimum absolute atomic E-state index is 0.0937. The Morgan fingerprint density at radius 2 is 1.91 bits per heavy atom. The number of thiophene rings is 1. The van der Waals surface area contributed by atoms with Crippen molar-refractivity contribution in [2.24, 2.45) is 0 Å². The number of amides is 1. The van der Waals surface area contributed by atoms with Gasteiger partial charge in [0, 0.05) is 10.9 Å². The number of nitrogens with one attached hydrogen (secondary N) is 1. The Labute approximate surface area is 137 Å². The second-order valence-electron chi connectivity index (χ2n) is 6.51. The largest absolute Gasteiger partial charge is 0.347 e. The summed E-state index contributed by atoms with van der Waals surface area (Å²) >= 11 is 1.39. The molecule has 23 heavy (non-hydrogen) atoms. The van der Waals surface area contributed by atoms with Gasteiger partial charge >= 0.3 is 0 Å². The van der Waals surface area contributed by atoms with Gasteiger partial charge in [-0.15, -0.1) is 11.3 Å². The van der Waals surface area contributed by atoms with Gasteiger partial charge in [0.25, 0.3) is 5.91 Å². The summed E-state index contributed by atoms with van der Waals surface area (Å²) in [5, 5.41) is 8.41. The first-order valence-electron chi connectivity index (χ1n) is 7.32. The number of carbonyl (C=O) groups is 1. The molecule has 6 heteroatoms. The van der Waals surface area contributed by atoms with Crippen LogP contribution >= 0.6 is 11.3 Å². The highest BCUT2D eigenvalue weighted by Gasteiger charge is 2.20. The van der Waals surface area contributed by atoms with Crippen molar-refractivity contribution in [2.75, 3.05) is 0 Å². The molecule has 4 nitrogen and oxygen atoms in total. The van der Waals surface area contributed by atoms with Gasteiger partial charge in [0.1, 0.15) is 10.6 Å². The summed E-state index contributed by atoms with van der Waals surface area (Å²) in [6.45, 7) is 7.75. The van der Waals surface area contributed by atoms with E-state index in [4.69, 9.17) is 0 Å². The summed E-state index contributed by atoms with van der Waals surface area (Å²) in [5.41, 5.74) is 1.33. The topological polar surface area (TPSA) is 46.9 Å². The van der Waals surface area contributed by atoms with E-state index < -0.39 is 0 Å². The summed E-state index contributed by atoms with van der Waals surface area (Å²) in [5.74, 6) is -0.381. The molecule has 2 heterocycles. The molecule has 1 N–H and O–H groups in total. The predicted octanol–water partition coefficient (Wildman–Crippen LogP) is 4.06. The maximum atomic E-state index is 13.1. The Kier molecular flexibility index (Phi) is 3.72. The third-order valence-corrected chi connectivity index (χ3v) is 4.44. The van der Waals surface area contributed by atoms with Crippen molar-refractivity contribution in [3.05, 3.63) is 46.7 Å². The maximum Gasteiger partial charge on any atom is 0.261 e. The Hall–Kier alpha value is -2.21. The minimum atomic E-state index is -0.287. The van der Waals surface area contributed by atoms with Crippen molar-refractivity contribution in [1.29, 1.82) is 0 Å². The molecule has 0 atom stereocenters. The van der Waals surface area contributed by atoms with Crippen molar-refractivity contribution in [3.63, 3.8) is 0 Å². The van der Waals surface area contributed by atoms with Crippen LogP contribution < -0.4 is 5.32 Å². The molecule has 0 aliphatic carbocycles. The minimum Gasteiger partial charge on any atom is -0.347 e. The lowest BCUT2D eigenvalue weighted by molar-refractivity contribution is 0.0924. The van der Waals surface area contributed by atoms with E-state index in [1.807, 2.05) is 33.8 Å². The lowest BCUT2D eigenvalue weighted by atomic mass is 10.1. The smallest absolute Gasteiger partial charge is 0.261 e. The number of nitrogens with zero attached hydrogens (tertiary/aromatic N) is 2. The molecule has 0 spiro atoms. The Morgan fingerprint density at radius 1 is 1.26 bits per heavy atom. The van der Waals surface area contributed by atoms with Gasteiger partial charge < -0.3 is 5.32 Å². The molecule has 0 aliphatic heterocycles. The first kappa shape index (κ1) is 15.7. The predicted molar refractivity (Wildman–Crippen MR) is 90.9 cm³/mol. The summed E-state index contributed by atoms with van der Waals surface area (Å²) < 4.78 is 14.9.